The molecule has 1 atom stereocenters. The number of ether oxygens (including phenoxy) is 1. The first-order valence-corrected chi connectivity index (χ1v) is 4.56. The van der Waals surface area contributed by atoms with Gasteiger partial charge in [-0.05, 0) is 12.5 Å². The van der Waals surface area contributed by atoms with Crippen LogP contribution in [0.5, 0.6) is 0 Å². The number of hydrogen-bond acceptors (Lipinski definition) is 3. The Morgan fingerprint density at radius 3 is 2.71 bits per heavy atom. The van der Waals surface area contributed by atoms with Crippen LogP contribution in [0.3, 0.4) is 0 Å². The summed E-state index contributed by atoms with van der Waals surface area (Å²) in [6.07, 6.45) is 0. The second-order valence-corrected chi connectivity index (χ2v) is 3.23. The largest absolute Gasteiger partial charge is 0.458 e. The molecule has 0 spiro atoms. The second-order valence-electron chi connectivity index (χ2n) is 3.23. The summed E-state index contributed by atoms with van der Waals surface area (Å²) in [6.45, 7) is 2.03. The number of cyclic esters (lactones) is 1. The molecule has 1 heterocycles. The third-order valence-corrected chi connectivity index (χ3v) is 2.15. The van der Waals surface area contributed by atoms with Gasteiger partial charge in [0.05, 0.1) is 5.71 Å². The highest BCUT2D eigenvalue weighted by molar-refractivity contribution is 6.04. The van der Waals surface area contributed by atoms with E-state index in [1.54, 1.807) is 6.92 Å². The molecule has 14 heavy (non-hydrogen) atoms. The molecule has 0 N–H and O–H groups in total. The number of benzene rings is 1. The van der Waals surface area contributed by atoms with Crippen LogP contribution in [-0.4, -0.2) is 24.3 Å². The van der Waals surface area contributed by atoms with Crippen LogP contribution in [0, 0.1) is 0 Å². The lowest BCUT2D eigenvalue weighted by Crippen LogP contribution is -2.29. The van der Waals surface area contributed by atoms with Gasteiger partial charge in [-0.2, -0.15) is 0 Å². The average molecular weight is 189 g/mol. The average Bonchev–Trinajstić information content (AvgIpc) is 2.23. The van der Waals surface area contributed by atoms with Gasteiger partial charge in [0.25, 0.3) is 0 Å². The zero-order valence-electron chi connectivity index (χ0n) is 7.93. The fraction of sp³-hybridized carbons (Fsp3) is 0.273. The summed E-state index contributed by atoms with van der Waals surface area (Å²) < 4.78 is 4.99. The molecule has 2 rings (SSSR count). The van der Waals surface area contributed by atoms with Crippen LogP contribution in [-0.2, 0) is 9.53 Å². The predicted octanol–water partition coefficient (Wildman–Crippen LogP) is 1.42. The van der Waals surface area contributed by atoms with Gasteiger partial charge in [0.2, 0.25) is 0 Å². The highest BCUT2D eigenvalue weighted by Gasteiger charge is 2.20. The van der Waals surface area contributed by atoms with E-state index in [4.69, 9.17) is 4.74 Å². The molecule has 3 heteroatoms. The first-order chi connectivity index (χ1) is 6.77. The van der Waals surface area contributed by atoms with Gasteiger partial charge in [-0.25, -0.2) is 4.79 Å². The van der Waals surface area contributed by atoms with Crippen molar-refractivity contribution in [3.63, 3.8) is 0 Å². The first-order valence-electron chi connectivity index (χ1n) is 4.56. The minimum absolute atomic E-state index is 0.246. The van der Waals surface area contributed by atoms with E-state index in [0.717, 1.165) is 11.3 Å². The molecule has 1 aromatic carbocycles. The van der Waals surface area contributed by atoms with Crippen LogP contribution >= 0.6 is 0 Å². The van der Waals surface area contributed by atoms with Crippen LogP contribution in [0.4, 0.5) is 0 Å². The Balaban J connectivity index is 2.29. The third-order valence-electron chi connectivity index (χ3n) is 2.15. The molecule has 3 nitrogen and oxygen atoms in total. The van der Waals surface area contributed by atoms with Gasteiger partial charge in [-0.3, -0.25) is 4.99 Å². The molecule has 0 aromatic heterocycles. The van der Waals surface area contributed by atoms with Crippen molar-refractivity contribution in [2.75, 3.05) is 6.61 Å². The lowest BCUT2D eigenvalue weighted by Gasteiger charge is -2.17. The number of carbonyl (C=O) groups is 1. The van der Waals surface area contributed by atoms with Gasteiger partial charge in [-0.15, -0.1) is 0 Å². The SMILES string of the molecule is C[C@@H]1N=C(c2ccccc2)COC1=O. The smallest absolute Gasteiger partial charge is 0.330 e. The minimum Gasteiger partial charge on any atom is -0.458 e. The summed E-state index contributed by atoms with van der Waals surface area (Å²) in [5.74, 6) is -0.246. The van der Waals surface area contributed by atoms with E-state index in [-0.39, 0.29) is 18.6 Å². The Bertz CT molecular complexity index is 370. The second kappa shape index (κ2) is 3.62. The lowest BCUT2D eigenvalue weighted by atomic mass is 10.1. The maximum Gasteiger partial charge on any atom is 0.330 e. The summed E-state index contributed by atoms with van der Waals surface area (Å²) in [5, 5.41) is 0. The summed E-state index contributed by atoms with van der Waals surface area (Å²) in [5.41, 5.74) is 1.87. The van der Waals surface area contributed by atoms with Crippen LogP contribution in [0.25, 0.3) is 0 Å². The molecule has 0 saturated heterocycles. The van der Waals surface area contributed by atoms with Crippen molar-refractivity contribution in [2.45, 2.75) is 13.0 Å². The fourth-order valence-corrected chi connectivity index (χ4v) is 1.37. The Labute approximate surface area is 82.4 Å². The summed E-state index contributed by atoms with van der Waals surface area (Å²) in [4.78, 5) is 15.3. The molecular formula is C11H11NO2. The van der Waals surface area contributed by atoms with Gasteiger partial charge in [0.1, 0.15) is 12.6 Å². The number of hydrogen-bond donors (Lipinski definition) is 0. The normalized spacial score (nSPS) is 21.4. The fourth-order valence-electron chi connectivity index (χ4n) is 1.37. The van der Waals surface area contributed by atoms with E-state index in [2.05, 4.69) is 4.99 Å². The van der Waals surface area contributed by atoms with Gasteiger partial charge < -0.3 is 4.74 Å². The molecular weight excluding hydrogens is 178 g/mol. The number of aliphatic imine (C=N–C) groups is 1. The maximum atomic E-state index is 11.0. The first kappa shape index (κ1) is 8.94. The van der Waals surface area contributed by atoms with Crippen molar-refractivity contribution in [1.29, 1.82) is 0 Å². The molecule has 0 saturated carbocycles. The molecule has 0 fully saturated rings. The number of esters is 1. The van der Waals surface area contributed by atoms with Gasteiger partial charge in [0.15, 0.2) is 0 Å². The number of carbonyl (C=O) groups excluding carboxylic acids is 1. The van der Waals surface area contributed by atoms with Crippen molar-refractivity contribution in [1.82, 2.24) is 0 Å². The highest BCUT2D eigenvalue weighted by Crippen LogP contribution is 2.09. The van der Waals surface area contributed by atoms with E-state index in [1.807, 2.05) is 30.3 Å². The Morgan fingerprint density at radius 2 is 2.07 bits per heavy atom. The Hall–Kier alpha value is -1.64. The Kier molecular flexibility index (Phi) is 2.31. The molecule has 0 aliphatic carbocycles. The van der Waals surface area contributed by atoms with E-state index >= 15 is 0 Å². The van der Waals surface area contributed by atoms with Crippen molar-refractivity contribution < 1.29 is 9.53 Å². The van der Waals surface area contributed by atoms with Crippen molar-refractivity contribution in [2.24, 2.45) is 4.99 Å². The monoisotopic (exact) mass is 189 g/mol. The molecule has 0 radical (unpaired) electrons. The summed E-state index contributed by atoms with van der Waals surface area (Å²) in [6, 6.07) is 9.38. The quantitative estimate of drug-likeness (QED) is 0.627. The predicted molar refractivity (Wildman–Crippen MR) is 53.4 cm³/mol. The standard InChI is InChI=1S/C11H11NO2/c1-8-11(13)14-7-10(12-8)9-5-3-2-4-6-9/h2-6,8H,7H2,1H3/t8-/m0/s1. The summed E-state index contributed by atoms with van der Waals surface area (Å²) in [7, 11) is 0. The van der Waals surface area contributed by atoms with E-state index < -0.39 is 0 Å². The van der Waals surface area contributed by atoms with Crippen LogP contribution in [0.2, 0.25) is 0 Å². The number of nitrogens with zero attached hydrogens (tertiary/aromatic N) is 1. The minimum atomic E-state index is -0.376. The van der Waals surface area contributed by atoms with Crippen LogP contribution in [0.1, 0.15) is 12.5 Å². The van der Waals surface area contributed by atoms with Gasteiger partial charge in [0, 0.05) is 0 Å². The number of rotatable bonds is 1. The van der Waals surface area contributed by atoms with Gasteiger partial charge in [-0.1, -0.05) is 30.3 Å². The highest BCUT2D eigenvalue weighted by atomic mass is 16.5. The Morgan fingerprint density at radius 1 is 1.36 bits per heavy atom. The van der Waals surface area contributed by atoms with Crippen LogP contribution < -0.4 is 0 Å². The lowest BCUT2D eigenvalue weighted by molar-refractivity contribution is -0.143. The molecule has 0 amide bonds. The maximum absolute atomic E-state index is 11.0. The van der Waals surface area contributed by atoms with Crippen molar-refractivity contribution >= 4 is 11.7 Å². The van der Waals surface area contributed by atoms with E-state index in [1.165, 1.54) is 0 Å². The van der Waals surface area contributed by atoms with Crippen molar-refractivity contribution in [3.05, 3.63) is 35.9 Å². The van der Waals surface area contributed by atoms with E-state index in [0.29, 0.717) is 0 Å². The molecule has 0 bridgehead atoms. The summed E-state index contributed by atoms with van der Waals surface area (Å²) >= 11 is 0. The molecule has 0 unspecified atom stereocenters. The molecule has 72 valence electrons. The van der Waals surface area contributed by atoms with Crippen LogP contribution in [0.15, 0.2) is 35.3 Å². The topological polar surface area (TPSA) is 38.7 Å². The third kappa shape index (κ3) is 1.66. The van der Waals surface area contributed by atoms with Gasteiger partial charge >= 0.3 is 5.97 Å². The van der Waals surface area contributed by atoms with E-state index in [9.17, 15) is 4.79 Å². The molecule has 1 aliphatic heterocycles. The molecule has 1 aliphatic rings. The zero-order valence-corrected chi connectivity index (χ0v) is 7.93. The zero-order chi connectivity index (χ0) is 9.97. The van der Waals surface area contributed by atoms with Crippen molar-refractivity contribution in [3.8, 4) is 0 Å². The molecule has 1 aromatic rings.